The summed E-state index contributed by atoms with van der Waals surface area (Å²) in [6.07, 6.45) is 3.85. The molecule has 8 nitrogen and oxygen atoms in total. The molecule has 2 atom stereocenters. The van der Waals surface area contributed by atoms with Gasteiger partial charge in [-0.1, -0.05) is 6.07 Å². The number of hydrogen-bond donors (Lipinski definition) is 2. The lowest BCUT2D eigenvalue weighted by molar-refractivity contribution is 0.0618. The van der Waals surface area contributed by atoms with Gasteiger partial charge in [-0.25, -0.2) is 9.97 Å². The fourth-order valence-corrected chi connectivity index (χ4v) is 2.97. The number of anilines is 1. The fraction of sp³-hybridized carbons (Fsp3) is 0.353. The van der Waals surface area contributed by atoms with Crippen molar-refractivity contribution in [2.75, 3.05) is 25.3 Å². The number of ether oxygens (including phenoxy) is 3. The molecule has 0 unspecified atom stereocenters. The second kappa shape index (κ2) is 6.94. The van der Waals surface area contributed by atoms with Gasteiger partial charge in [-0.15, -0.1) is 0 Å². The van der Waals surface area contributed by atoms with E-state index in [0.717, 1.165) is 0 Å². The van der Waals surface area contributed by atoms with Gasteiger partial charge in [0.15, 0.2) is 11.5 Å². The Balaban J connectivity index is 1.48. The first kappa shape index (κ1) is 15.6. The number of aromatic nitrogens is 2. The molecule has 0 aliphatic carbocycles. The van der Waals surface area contributed by atoms with Gasteiger partial charge >= 0.3 is 0 Å². The molecule has 4 rings (SSSR count). The SMILES string of the molecule is O=C(N[C@H]1CCOC[C@H]1Nc1ccncn1)c1cccc2c1OCO2. The Morgan fingerprint density at radius 3 is 3.04 bits per heavy atom. The van der Waals surface area contributed by atoms with E-state index in [9.17, 15) is 4.79 Å². The topological polar surface area (TPSA) is 94.6 Å². The van der Waals surface area contributed by atoms with Gasteiger partial charge in [-0.2, -0.15) is 0 Å². The summed E-state index contributed by atoms with van der Waals surface area (Å²) >= 11 is 0. The van der Waals surface area contributed by atoms with E-state index in [1.54, 1.807) is 30.5 Å². The van der Waals surface area contributed by atoms with Gasteiger partial charge in [-0.3, -0.25) is 4.79 Å². The number of hydrogen-bond acceptors (Lipinski definition) is 7. The molecule has 0 spiro atoms. The summed E-state index contributed by atoms with van der Waals surface area (Å²) in [5, 5.41) is 6.37. The molecule has 1 amide bonds. The summed E-state index contributed by atoms with van der Waals surface area (Å²) in [6, 6.07) is 6.91. The van der Waals surface area contributed by atoms with Crippen LogP contribution in [0.2, 0.25) is 0 Å². The molecular formula is C17H18N4O4. The van der Waals surface area contributed by atoms with Gasteiger partial charge in [0.25, 0.3) is 5.91 Å². The standard InChI is InChI=1S/C17H18N4O4/c22-17(11-2-1-3-14-16(11)25-10-24-14)21-12-5-7-23-8-13(12)20-15-4-6-18-9-19-15/h1-4,6,9,12-13H,5,7-8,10H2,(H,21,22)(H,18,19,20)/t12-,13+/m0/s1. The first-order valence-electron chi connectivity index (χ1n) is 8.11. The molecule has 2 aliphatic rings. The number of amides is 1. The zero-order valence-electron chi connectivity index (χ0n) is 13.5. The zero-order valence-corrected chi connectivity index (χ0v) is 13.5. The highest BCUT2D eigenvalue weighted by Gasteiger charge is 2.29. The summed E-state index contributed by atoms with van der Waals surface area (Å²) < 4.78 is 16.3. The summed E-state index contributed by atoms with van der Waals surface area (Å²) in [7, 11) is 0. The van der Waals surface area contributed by atoms with E-state index in [4.69, 9.17) is 14.2 Å². The lowest BCUT2D eigenvalue weighted by Gasteiger charge is -2.33. The molecule has 25 heavy (non-hydrogen) atoms. The van der Waals surface area contributed by atoms with Crippen LogP contribution in [0, 0.1) is 0 Å². The average molecular weight is 342 g/mol. The van der Waals surface area contributed by atoms with Gasteiger partial charge in [0, 0.05) is 12.8 Å². The number of carbonyl (C=O) groups is 1. The van der Waals surface area contributed by atoms with Crippen LogP contribution in [0.4, 0.5) is 5.82 Å². The van der Waals surface area contributed by atoms with Gasteiger partial charge in [-0.05, 0) is 24.6 Å². The summed E-state index contributed by atoms with van der Waals surface area (Å²) in [6.45, 7) is 1.22. The Kier molecular flexibility index (Phi) is 4.34. The first-order valence-corrected chi connectivity index (χ1v) is 8.11. The van der Waals surface area contributed by atoms with Crippen molar-refractivity contribution in [3.8, 4) is 11.5 Å². The average Bonchev–Trinajstić information content (AvgIpc) is 3.13. The quantitative estimate of drug-likeness (QED) is 0.862. The van der Waals surface area contributed by atoms with Crippen molar-refractivity contribution >= 4 is 11.7 Å². The molecule has 130 valence electrons. The smallest absolute Gasteiger partial charge is 0.255 e. The van der Waals surface area contributed by atoms with Crippen LogP contribution in [0.3, 0.4) is 0 Å². The van der Waals surface area contributed by atoms with Crippen LogP contribution in [-0.2, 0) is 4.74 Å². The Labute approximate surface area is 144 Å². The second-order valence-corrected chi connectivity index (χ2v) is 5.83. The summed E-state index contributed by atoms with van der Waals surface area (Å²) in [5.74, 6) is 1.59. The van der Waals surface area contributed by atoms with Crippen molar-refractivity contribution in [3.05, 3.63) is 42.4 Å². The van der Waals surface area contributed by atoms with E-state index in [0.29, 0.717) is 42.5 Å². The maximum atomic E-state index is 12.7. The van der Waals surface area contributed by atoms with Gasteiger partial charge in [0.05, 0.1) is 24.3 Å². The summed E-state index contributed by atoms with van der Waals surface area (Å²) in [5.41, 5.74) is 0.474. The molecule has 1 saturated heterocycles. The van der Waals surface area contributed by atoms with E-state index >= 15 is 0 Å². The Morgan fingerprint density at radius 1 is 1.20 bits per heavy atom. The van der Waals surface area contributed by atoms with Crippen LogP contribution < -0.4 is 20.1 Å². The molecule has 2 aromatic rings. The van der Waals surface area contributed by atoms with Crippen LogP contribution in [-0.4, -0.2) is 48.0 Å². The third kappa shape index (κ3) is 3.34. The van der Waals surface area contributed by atoms with Crippen LogP contribution >= 0.6 is 0 Å². The van der Waals surface area contributed by atoms with Crippen LogP contribution in [0.15, 0.2) is 36.8 Å². The number of carbonyl (C=O) groups excluding carboxylic acids is 1. The Morgan fingerprint density at radius 2 is 2.16 bits per heavy atom. The van der Waals surface area contributed by atoms with Crippen molar-refractivity contribution in [1.82, 2.24) is 15.3 Å². The van der Waals surface area contributed by atoms with E-state index < -0.39 is 0 Å². The van der Waals surface area contributed by atoms with Crippen molar-refractivity contribution in [1.29, 1.82) is 0 Å². The number of nitrogens with one attached hydrogen (secondary N) is 2. The highest BCUT2D eigenvalue weighted by molar-refractivity contribution is 5.98. The highest BCUT2D eigenvalue weighted by atomic mass is 16.7. The number of nitrogens with zero attached hydrogens (tertiary/aromatic N) is 2. The maximum absolute atomic E-state index is 12.7. The number of rotatable bonds is 4. The first-order chi connectivity index (χ1) is 12.3. The van der Waals surface area contributed by atoms with Crippen molar-refractivity contribution in [2.24, 2.45) is 0 Å². The summed E-state index contributed by atoms with van der Waals surface area (Å²) in [4.78, 5) is 20.8. The predicted molar refractivity (Wildman–Crippen MR) is 88.7 cm³/mol. The lowest BCUT2D eigenvalue weighted by Crippen LogP contribution is -2.52. The number of fused-ring (bicyclic) bond motifs is 1. The highest BCUT2D eigenvalue weighted by Crippen LogP contribution is 2.35. The monoisotopic (exact) mass is 342 g/mol. The van der Waals surface area contributed by atoms with Crippen molar-refractivity contribution in [3.63, 3.8) is 0 Å². The molecule has 2 aliphatic heterocycles. The van der Waals surface area contributed by atoms with Crippen molar-refractivity contribution < 1.29 is 19.0 Å². The third-order valence-electron chi connectivity index (χ3n) is 4.23. The Bertz CT molecular complexity index is 756. The zero-order chi connectivity index (χ0) is 17.1. The molecular weight excluding hydrogens is 324 g/mol. The second-order valence-electron chi connectivity index (χ2n) is 5.83. The molecule has 0 saturated carbocycles. The lowest BCUT2D eigenvalue weighted by atomic mass is 10.0. The minimum Gasteiger partial charge on any atom is -0.454 e. The molecule has 8 heteroatoms. The molecule has 0 radical (unpaired) electrons. The van der Waals surface area contributed by atoms with E-state index in [2.05, 4.69) is 20.6 Å². The predicted octanol–water partition coefficient (Wildman–Crippen LogP) is 1.20. The molecule has 1 fully saturated rings. The molecule has 2 N–H and O–H groups in total. The van der Waals surface area contributed by atoms with Crippen LogP contribution in [0.25, 0.3) is 0 Å². The van der Waals surface area contributed by atoms with Gasteiger partial charge in [0.1, 0.15) is 12.1 Å². The van der Waals surface area contributed by atoms with Crippen LogP contribution in [0.1, 0.15) is 16.8 Å². The minimum absolute atomic E-state index is 0.0819. The molecule has 0 bridgehead atoms. The molecule has 1 aromatic carbocycles. The van der Waals surface area contributed by atoms with Gasteiger partial charge in [0.2, 0.25) is 6.79 Å². The molecule has 1 aromatic heterocycles. The fourth-order valence-electron chi connectivity index (χ4n) is 2.97. The van der Waals surface area contributed by atoms with Crippen LogP contribution in [0.5, 0.6) is 11.5 Å². The van der Waals surface area contributed by atoms with E-state index in [-0.39, 0.29) is 24.8 Å². The Hall–Kier alpha value is -2.87. The van der Waals surface area contributed by atoms with Crippen molar-refractivity contribution in [2.45, 2.75) is 18.5 Å². The van der Waals surface area contributed by atoms with Gasteiger partial charge < -0.3 is 24.8 Å². The largest absolute Gasteiger partial charge is 0.454 e. The number of para-hydroxylation sites is 1. The normalized spacial score (nSPS) is 21.6. The molecule has 3 heterocycles. The van der Waals surface area contributed by atoms with E-state index in [1.165, 1.54) is 6.33 Å². The minimum atomic E-state index is -0.191. The van der Waals surface area contributed by atoms with E-state index in [1.807, 2.05) is 0 Å². The maximum Gasteiger partial charge on any atom is 0.255 e. The third-order valence-corrected chi connectivity index (χ3v) is 4.23. The number of benzene rings is 1.